The molecule has 6 N–H and O–H groups in total. The van der Waals surface area contributed by atoms with Crippen molar-refractivity contribution in [2.45, 2.75) is 58.5 Å². The zero-order valence-corrected chi connectivity index (χ0v) is 17.4. The molecule has 9 heteroatoms. The molecule has 0 aliphatic carbocycles. The number of nitrogens with two attached hydrogens (primary N) is 2. The number of aromatic nitrogens is 1. The van der Waals surface area contributed by atoms with Gasteiger partial charge < -0.3 is 26.3 Å². The van der Waals surface area contributed by atoms with Gasteiger partial charge in [-0.05, 0) is 47.1 Å². The predicted molar refractivity (Wildman–Crippen MR) is 107 cm³/mol. The molecular weight excluding hydrogens is 362 g/mol. The molecule has 1 amide bonds. The van der Waals surface area contributed by atoms with Crippen LogP contribution in [0.1, 0.15) is 38.1 Å². The number of amides is 1. The first-order chi connectivity index (χ1) is 13.0. The highest BCUT2D eigenvalue weighted by atomic mass is 16.5. The van der Waals surface area contributed by atoms with Gasteiger partial charge in [0.1, 0.15) is 24.2 Å². The number of nitrogens with one attached hydrogen (secondary N) is 2. The number of rotatable bonds is 12. The summed E-state index contributed by atoms with van der Waals surface area (Å²) in [6.45, 7) is 7.34. The van der Waals surface area contributed by atoms with Crippen LogP contribution in [0.25, 0.3) is 0 Å². The number of hydrogen-bond donors (Lipinski definition) is 4. The van der Waals surface area contributed by atoms with Crippen LogP contribution in [0.3, 0.4) is 0 Å². The van der Waals surface area contributed by atoms with Crippen molar-refractivity contribution in [3.8, 4) is 5.75 Å². The summed E-state index contributed by atoms with van der Waals surface area (Å²) in [5, 5.41) is 5.63. The maximum Gasteiger partial charge on any atom is 0.252 e. The summed E-state index contributed by atoms with van der Waals surface area (Å²) < 4.78 is 10.8. The Balaban J connectivity index is 2.74. The van der Waals surface area contributed by atoms with Crippen LogP contribution in [-0.4, -0.2) is 54.9 Å². The van der Waals surface area contributed by atoms with Crippen LogP contribution in [0, 0.1) is 13.8 Å². The number of pyridine rings is 1. The Hall–Kier alpha value is -2.07. The van der Waals surface area contributed by atoms with Crippen LogP contribution in [0.5, 0.6) is 5.75 Å². The Morgan fingerprint density at radius 3 is 2.36 bits per heavy atom. The summed E-state index contributed by atoms with van der Waals surface area (Å²) in [5.74, 6) is -0.0340. The number of hydrogen-bond acceptors (Lipinski definition) is 8. The largest absolute Gasteiger partial charge is 0.486 e. The van der Waals surface area contributed by atoms with Gasteiger partial charge in [-0.1, -0.05) is 0 Å². The van der Waals surface area contributed by atoms with Gasteiger partial charge in [-0.3, -0.25) is 19.9 Å². The van der Waals surface area contributed by atoms with Crippen LogP contribution in [0.2, 0.25) is 0 Å². The van der Waals surface area contributed by atoms with E-state index in [1.807, 2.05) is 13.8 Å². The first-order valence-electron chi connectivity index (χ1n) is 9.26. The average molecular weight is 396 g/mol. The standard InChI is InChI=1S/C19H33N5O4/c1-12-9-14(10-13(2)23-12)28-11-16(25)15(7-6-8-22-18(20)21)24-17(26)19(3,4)27-5/h9-10,15,18,22H,6-8,11,20-21H2,1-5H3,(H,24,26). The van der Waals surface area contributed by atoms with Crippen LogP contribution in [-0.2, 0) is 14.3 Å². The van der Waals surface area contributed by atoms with E-state index in [9.17, 15) is 9.59 Å². The molecule has 0 aliphatic rings. The average Bonchev–Trinajstić information content (AvgIpc) is 2.60. The van der Waals surface area contributed by atoms with Crippen molar-refractivity contribution in [3.05, 3.63) is 23.5 Å². The number of aryl methyl sites for hydroxylation is 2. The monoisotopic (exact) mass is 395 g/mol. The van der Waals surface area contributed by atoms with Crippen molar-refractivity contribution in [1.29, 1.82) is 0 Å². The second-order valence-corrected chi connectivity index (χ2v) is 7.20. The molecule has 0 radical (unpaired) electrons. The third-order valence-electron chi connectivity index (χ3n) is 4.24. The summed E-state index contributed by atoms with van der Waals surface area (Å²) in [6.07, 6.45) is 0.391. The molecule has 1 aromatic rings. The summed E-state index contributed by atoms with van der Waals surface area (Å²) >= 11 is 0. The fourth-order valence-electron chi connectivity index (χ4n) is 2.45. The minimum Gasteiger partial charge on any atom is -0.486 e. The molecule has 158 valence electrons. The molecule has 28 heavy (non-hydrogen) atoms. The lowest BCUT2D eigenvalue weighted by Gasteiger charge is -2.26. The van der Waals surface area contributed by atoms with E-state index in [4.69, 9.17) is 20.9 Å². The second kappa shape index (κ2) is 11.1. The fourth-order valence-corrected chi connectivity index (χ4v) is 2.45. The van der Waals surface area contributed by atoms with Gasteiger partial charge in [0.05, 0.1) is 6.04 Å². The Bertz CT molecular complexity index is 643. The number of carbonyl (C=O) groups excluding carboxylic acids is 2. The highest BCUT2D eigenvalue weighted by molar-refractivity contribution is 5.92. The number of ether oxygens (including phenoxy) is 2. The molecule has 9 nitrogen and oxygen atoms in total. The lowest BCUT2D eigenvalue weighted by molar-refractivity contribution is -0.142. The van der Waals surface area contributed by atoms with Crippen LogP contribution < -0.4 is 26.8 Å². The van der Waals surface area contributed by atoms with Crippen LogP contribution in [0.4, 0.5) is 0 Å². The Labute approximate surface area is 166 Å². The number of Topliss-reactive ketones (excluding diaryl/α,β-unsaturated/α-hetero) is 1. The van der Waals surface area contributed by atoms with Gasteiger partial charge in [0.15, 0.2) is 5.78 Å². The smallest absolute Gasteiger partial charge is 0.252 e. The third kappa shape index (κ3) is 8.30. The summed E-state index contributed by atoms with van der Waals surface area (Å²) in [7, 11) is 1.44. The first kappa shape index (κ1) is 24.0. The topological polar surface area (TPSA) is 142 Å². The summed E-state index contributed by atoms with van der Waals surface area (Å²) in [4.78, 5) is 29.4. The first-order valence-corrected chi connectivity index (χ1v) is 9.26. The molecule has 1 unspecified atom stereocenters. The molecular formula is C19H33N5O4. The van der Waals surface area contributed by atoms with E-state index in [1.165, 1.54) is 7.11 Å². The highest BCUT2D eigenvalue weighted by Gasteiger charge is 2.31. The number of ketones is 1. The Morgan fingerprint density at radius 2 is 1.82 bits per heavy atom. The second-order valence-electron chi connectivity index (χ2n) is 7.20. The molecule has 0 spiro atoms. The molecule has 0 saturated heterocycles. The Kier molecular flexibility index (Phi) is 9.47. The molecule has 0 fully saturated rings. The highest BCUT2D eigenvalue weighted by Crippen LogP contribution is 2.14. The number of carbonyl (C=O) groups is 2. The van der Waals surface area contributed by atoms with Gasteiger partial charge in [-0.15, -0.1) is 0 Å². The molecule has 1 heterocycles. The van der Waals surface area contributed by atoms with E-state index < -0.39 is 17.9 Å². The normalized spacial score (nSPS) is 12.7. The summed E-state index contributed by atoms with van der Waals surface area (Å²) in [5.41, 5.74) is 11.5. The minimum absolute atomic E-state index is 0.162. The van der Waals surface area contributed by atoms with E-state index in [0.29, 0.717) is 25.1 Å². The fraction of sp³-hybridized carbons (Fsp3) is 0.632. The number of methoxy groups -OCH3 is 1. The zero-order valence-electron chi connectivity index (χ0n) is 17.4. The third-order valence-corrected chi connectivity index (χ3v) is 4.24. The molecule has 1 rings (SSSR count). The van der Waals surface area contributed by atoms with Crippen molar-refractivity contribution in [3.63, 3.8) is 0 Å². The minimum atomic E-state index is -1.05. The van der Waals surface area contributed by atoms with E-state index in [1.54, 1.807) is 26.0 Å². The Morgan fingerprint density at radius 1 is 1.21 bits per heavy atom. The summed E-state index contributed by atoms with van der Waals surface area (Å²) in [6, 6.07) is 2.81. The van der Waals surface area contributed by atoms with Crippen molar-refractivity contribution in [2.24, 2.45) is 11.5 Å². The van der Waals surface area contributed by atoms with Crippen LogP contribution >= 0.6 is 0 Å². The van der Waals surface area contributed by atoms with E-state index in [-0.39, 0.29) is 18.3 Å². The molecule has 0 aliphatic heterocycles. The van der Waals surface area contributed by atoms with Crippen LogP contribution in [0.15, 0.2) is 12.1 Å². The van der Waals surface area contributed by atoms with Gasteiger partial charge in [-0.25, -0.2) is 0 Å². The van der Waals surface area contributed by atoms with Gasteiger partial charge in [-0.2, -0.15) is 0 Å². The molecule has 0 saturated carbocycles. The van der Waals surface area contributed by atoms with Gasteiger partial charge >= 0.3 is 0 Å². The predicted octanol–water partition coefficient (Wildman–Crippen LogP) is 0.127. The van der Waals surface area contributed by atoms with Crippen molar-refractivity contribution >= 4 is 11.7 Å². The number of nitrogens with zero attached hydrogens (tertiary/aromatic N) is 1. The van der Waals surface area contributed by atoms with Crippen molar-refractivity contribution < 1.29 is 19.1 Å². The molecule has 0 aromatic carbocycles. The quantitative estimate of drug-likeness (QED) is 0.289. The maximum absolute atomic E-state index is 12.7. The van der Waals surface area contributed by atoms with E-state index in [0.717, 1.165) is 11.4 Å². The van der Waals surface area contributed by atoms with Gasteiger partial charge in [0, 0.05) is 30.6 Å². The molecule has 0 bridgehead atoms. The van der Waals surface area contributed by atoms with E-state index in [2.05, 4.69) is 15.6 Å². The van der Waals surface area contributed by atoms with Crippen molar-refractivity contribution in [1.82, 2.24) is 15.6 Å². The van der Waals surface area contributed by atoms with Gasteiger partial charge in [0.2, 0.25) is 0 Å². The zero-order chi connectivity index (χ0) is 21.3. The lowest BCUT2D eigenvalue weighted by Crippen LogP contribution is -2.51. The van der Waals surface area contributed by atoms with Gasteiger partial charge in [0.25, 0.3) is 5.91 Å². The maximum atomic E-state index is 12.7. The SMILES string of the molecule is COC(C)(C)C(=O)NC(CCCNC(N)N)C(=O)COc1cc(C)nc(C)c1. The lowest BCUT2D eigenvalue weighted by atomic mass is 10.0. The molecule has 1 atom stereocenters. The van der Waals surface area contributed by atoms with E-state index >= 15 is 0 Å². The molecule has 1 aromatic heterocycles. The van der Waals surface area contributed by atoms with Crippen molar-refractivity contribution in [2.75, 3.05) is 20.3 Å².